The third kappa shape index (κ3) is 4.45. The molecule has 2 aromatic carbocycles. The van der Waals surface area contributed by atoms with Gasteiger partial charge in [0, 0.05) is 31.0 Å². The van der Waals surface area contributed by atoms with E-state index < -0.39 is 6.09 Å². The maximum atomic E-state index is 13.1. The summed E-state index contributed by atoms with van der Waals surface area (Å²) in [6.07, 6.45) is 4.07. The molecule has 0 unspecified atom stereocenters. The lowest BCUT2D eigenvalue weighted by Crippen LogP contribution is -2.37. The van der Waals surface area contributed by atoms with Gasteiger partial charge in [0.05, 0.1) is 23.9 Å². The summed E-state index contributed by atoms with van der Waals surface area (Å²) in [6, 6.07) is 11.1. The van der Waals surface area contributed by atoms with Gasteiger partial charge in [-0.3, -0.25) is 9.89 Å². The Labute approximate surface area is 202 Å². The molecule has 0 spiro atoms. The van der Waals surface area contributed by atoms with Gasteiger partial charge in [-0.15, -0.1) is 0 Å². The molecule has 3 heterocycles. The number of carbonyl (C=O) groups is 2. The van der Waals surface area contributed by atoms with Crippen LogP contribution in [0, 0.1) is 17.8 Å². The number of nitrogens with zero attached hydrogens (tertiary/aromatic N) is 2. The number of rotatable bonds is 4. The van der Waals surface area contributed by atoms with Crippen LogP contribution in [0.1, 0.15) is 47.3 Å². The van der Waals surface area contributed by atoms with Crippen LogP contribution in [0.4, 0.5) is 4.79 Å². The smallest absolute Gasteiger partial charge is 0.407 e. The Kier molecular flexibility index (Phi) is 6.15. The van der Waals surface area contributed by atoms with Crippen molar-refractivity contribution < 1.29 is 24.2 Å². The molecule has 0 saturated carbocycles. The summed E-state index contributed by atoms with van der Waals surface area (Å²) >= 11 is 0. The number of hydrogen-bond donors (Lipinski definition) is 2. The van der Waals surface area contributed by atoms with E-state index in [1.165, 1.54) is 4.90 Å². The van der Waals surface area contributed by atoms with Crippen LogP contribution < -0.4 is 9.47 Å². The molecular formula is C27H25N3O5. The zero-order chi connectivity index (χ0) is 24.4. The maximum Gasteiger partial charge on any atom is 0.407 e. The molecular weight excluding hydrogens is 446 g/mol. The number of carboxylic acid groups (broad SMARTS) is 1. The van der Waals surface area contributed by atoms with Crippen molar-refractivity contribution in [1.29, 1.82) is 0 Å². The van der Waals surface area contributed by atoms with Gasteiger partial charge >= 0.3 is 6.09 Å². The van der Waals surface area contributed by atoms with Crippen molar-refractivity contribution >= 4 is 28.9 Å². The van der Waals surface area contributed by atoms with E-state index >= 15 is 0 Å². The zero-order valence-corrected chi connectivity index (χ0v) is 19.3. The topological polar surface area (TPSA) is 105 Å². The molecule has 0 bridgehead atoms. The van der Waals surface area contributed by atoms with Gasteiger partial charge in [0.2, 0.25) is 5.78 Å². The number of benzene rings is 2. The standard InChI is InChI=1S/C27H25N3O5/c1-34-23-11-10-20-25(31)24(16-22-18-7-4-5-9-21(18)28-29-22)35-26(20)19(23)8-3-2-6-17-12-14-30(15-13-17)27(32)33/h4-5,7,9-11,16-17H,2,6,12-15H2,1H3,(H,28,29)(H,32,33)/b24-16-. The minimum atomic E-state index is -0.850. The summed E-state index contributed by atoms with van der Waals surface area (Å²) < 4.78 is 11.5. The number of para-hydroxylation sites is 1. The number of allylic oxidation sites excluding steroid dienone is 1. The number of hydrogen-bond acceptors (Lipinski definition) is 5. The predicted octanol–water partition coefficient (Wildman–Crippen LogP) is 4.71. The average Bonchev–Trinajstić information content (AvgIpc) is 3.43. The van der Waals surface area contributed by atoms with Crippen LogP contribution in [0.5, 0.6) is 11.5 Å². The van der Waals surface area contributed by atoms with Crippen molar-refractivity contribution in [3.63, 3.8) is 0 Å². The van der Waals surface area contributed by atoms with E-state index in [9.17, 15) is 9.59 Å². The number of ketones is 1. The average molecular weight is 472 g/mol. The number of carbonyl (C=O) groups excluding carboxylic acids is 1. The van der Waals surface area contributed by atoms with Gasteiger partial charge in [-0.2, -0.15) is 5.10 Å². The fraction of sp³-hybridized carbons (Fsp3) is 0.296. The zero-order valence-electron chi connectivity index (χ0n) is 19.3. The van der Waals surface area contributed by atoms with Crippen LogP contribution in [0.25, 0.3) is 17.0 Å². The van der Waals surface area contributed by atoms with Crippen molar-refractivity contribution in [3.05, 3.63) is 59.0 Å². The van der Waals surface area contributed by atoms with E-state index in [1.807, 2.05) is 24.3 Å². The quantitative estimate of drug-likeness (QED) is 0.422. The van der Waals surface area contributed by atoms with Crippen molar-refractivity contribution in [3.8, 4) is 23.3 Å². The fourth-order valence-electron chi connectivity index (χ4n) is 4.58. The first-order valence-electron chi connectivity index (χ1n) is 11.6. The van der Waals surface area contributed by atoms with Crippen LogP contribution in [0.3, 0.4) is 0 Å². The number of amides is 1. The van der Waals surface area contributed by atoms with Gasteiger partial charge in [-0.05, 0) is 43.4 Å². The molecule has 178 valence electrons. The Morgan fingerprint density at radius 1 is 1.29 bits per heavy atom. The molecule has 5 rings (SSSR count). The number of fused-ring (bicyclic) bond motifs is 2. The summed E-state index contributed by atoms with van der Waals surface area (Å²) in [4.78, 5) is 25.6. The summed E-state index contributed by atoms with van der Waals surface area (Å²) in [5.41, 5.74) is 2.51. The summed E-state index contributed by atoms with van der Waals surface area (Å²) in [6.45, 7) is 1.15. The highest BCUT2D eigenvalue weighted by atomic mass is 16.5. The molecule has 8 nitrogen and oxygen atoms in total. The van der Waals surface area contributed by atoms with Gasteiger partial charge < -0.3 is 19.5 Å². The molecule has 0 aliphatic carbocycles. The number of aromatic nitrogens is 2. The van der Waals surface area contributed by atoms with E-state index in [4.69, 9.17) is 14.6 Å². The number of piperidine rings is 1. The number of likely N-dealkylation sites (tertiary alicyclic amines) is 1. The Morgan fingerprint density at radius 3 is 2.86 bits per heavy atom. The van der Waals surface area contributed by atoms with Crippen molar-refractivity contribution in [2.24, 2.45) is 5.92 Å². The Hall–Kier alpha value is -4.25. The molecule has 2 N–H and O–H groups in total. The second-order valence-corrected chi connectivity index (χ2v) is 8.67. The molecule has 1 saturated heterocycles. The number of Topliss-reactive ketones (excluding diaryl/α,β-unsaturated/α-hetero) is 1. The Balaban J connectivity index is 1.34. The van der Waals surface area contributed by atoms with Gasteiger partial charge in [-0.25, -0.2) is 4.79 Å². The number of nitrogens with one attached hydrogen (secondary N) is 1. The molecule has 1 aromatic heterocycles. The highest BCUT2D eigenvalue weighted by Gasteiger charge is 2.31. The van der Waals surface area contributed by atoms with Crippen LogP contribution in [-0.2, 0) is 0 Å². The third-order valence-corrected chi connectivity index (χ3v) is 6.56. The molecule has 2 aliphatic rings. The second-order valence-electron chi connectivity index (χ2n) is 8.67. The van der Waals surface area contributed by atoms with Crippen LogP contribution in [0.15, 0.2) is 42.2 Å². The molecule has 0 radical (unpaired) electrons. The Morgan fingerprint density at radius 2 is 2.09 bits per heavy atom. The molecule has 8 heteroatoms. The number of ether oxygens (including phenoxy) is 2. The normalized spacial score (nSPS) is 16.7. The first-order chi connectivity index (χ1) is 17.0. The van der Waals surface area contributed by atoms with Crippen molar-refractivity contribution in [2.45, 2.75) is 25.7 Å². The highest BCUT2D eigenvalue weighted by Crippen LogP contribution is 2.39. The van der Waals surface area contributed by atoms with Crippen LogP contribution >= 0.6 is 0 Å². The molecule has 1 amide bonds. The minimum Gasteiger partial charge on any atom is -0.495 e. The molecule has 35 heavy (non-hydrogen) atoms. The monoisotopic (exact) mass is 471 g/mol. The first kappa shape index (κ1) is 22.5. The van der Waals surface area contributed by atoms with E-state index in [1.54, 1.807) is 25.3 Å². The van der Waals surface area contributed by atoms with Gasteiger partial charge in [0.25, 0.3) is 0 Å². The fourth-order valence-corrected chi connectivity index (χ4v) is 4.58. The molecule has 3 aromatic rings. The van der Waals surface area contributed by atoms with E-state index in [2.05, 4.69) is 22.0 Å². The number of aromatic amines is 1. The summed E-state index contributed by atoms with van der Waals surface area (Å²) in [5.74, 6) is 7.74. The Bertz CT molecular complexity index is 1390. The minimum absolute atomic E-state index is 0.193. The highest BCUT2D eigenvalue weighted by molar-refractivity contribution is 6.15. The van der Waals surface area contributed by atoms with E-state index in [-0.39, 0.29) is 11.5 Å². The van der Waals surface area contributed by atoms with Crippen molar-refractivity contribution in [1.82, 2.24) is 15.1 Å². The second kappa shape index (κ2) is 9.55. The van der Waals surface area contributed by atoms with Crippen LogP contribution in [0.2, 0.25) is 0 Å². The number of H-pyrrole nitrogens is 1. The summed E-state index contributed by atoms with van der Waals surface area (Å²) in [7, 11) is 1.56. The lowest BCUT2D eigenvalue weighted by molar-refractivity contribution is 0.101. The molecule has 1 fully saturated rings. The van der Waals surface area contributed by atoms with E-state index in [0.29, 0.717) is 53.7 Å². The van der Waals surface area contributed by atoms with Gasteiger partial charge in [-0.1, -0.05) is 30.0 Å². The molecule has 0 atom stereocenters. The SMILES string of the molecule is COc1ccc2c(c1C#CCCC1CCN(C(=O)O)CC1)O/C(=C\c1n[nH]c3ccccc13)C2=O. The third-order valence-electron chi connectivity index (χ3n) is 6.56. The summed E-state index contributed by atoms with van der Waals surface area (Å²) in [5, 5.41) is 17.3. The van der Waals surface area contributed by atoms with Gasteiger partial charge in [0.1, 0.15) is 11.3 Å². The van der Waals surface area contributed by atoms with E-state index in [0.717, 1.165) is 30.2 Å². The number of methoxy groups -OCH3 is 1. The maximum absolute atomic E-state index is 13.1. The van der Waals surface area contributed by atoms with Crippen LogP contribution in [-0.4, -0.2) is 52.3 Å². The lowest BCUT2D eigenvalue weighted by atomic mass is 9.92. The molecule has 2 aliphatic heterocycles. The predicted molar refractivity (Wildman–Crippen MR) is 130 cm³/mol. The van der Waals surface area contributed by atoms with Gasteiger partial charge in [0.15, 0.2) is 11.5 Å². The first-order valence-corrected chi connectivity index (χ1v) is 11.6. The largest absolute Gasteiger partial charge is 0.495 e. The lowest BCUT2D eigenvalue weighted by Gasteiger charge is -2.29. The van der Waals surface area contributed by atoms with Crippen molar-refractivity contribution in [2.75, 3.05) is 20.2 Å².